The minimum atomic E-state index is -0.482. The van der Waals surface area contributed by atoms with Crippen molar-refractivity contribution in [3.05, 3.63) is 77.0 Å². The van der Waals surface area contributed by atoms with E-state index in [4.69, 9.17) is 4.42 Å². The Balaban J connectivity index is 1.55. The van der Waals surface area contributed by atoms with Crippen LogP contribution in [0.4, 0.5) is 0 Å². The van der Waals surface area contributed by atoms with Gasteiger partial charge in [0.2, 0.25) is 0 Å². The molecule has 8 nitrogen and oxygen atoms in total. The van der Waals surface area contributed by atoms with Crippen LogP contribution in [0.3, 0.4) is 0 Å². The topological polar surface area (TPSA) is 99.0 Å². The number of nitrogens with zero attached hydrogens (tertiary/aromatic N) is 5. The molecule has 0 spiro atoms. The molecule has 0 saturated heterocycles. The minimum absolute atomic E-state index is 0.0397. The Morgan fingerprint density at radius 1 is 1.11 bits per heavy atom. The van der Waals surface area contributed by atoms with Crippen LogP contribution in [0, 0.1) is 0 Å². The molecule has 3 heterocycles. The lowest BCUT2D eigenvalue weighted by molar-refractivity contribution is 0.473. The van der Waals surface area contributed by atoms with E-state index < -0.39 is 5.63 Å². The quantitative estimate of drug-likeness (QED) is 0.497. The van der Waals surface area contributed by atoms with Crippen molar-refractivity contribution in [1.29, 1.82) is 0 Å². The van der Waals surface area contributed by atoms with Crippen LogP contribution in [-0.4, -0.2) is 29.7 Å². The molecule has 1 N–H and O–H groups in total. The van der Waals surface area contributed by atoms with E-state index in [-0.39, 0.29) is 5.75 Å². The predicted octanol–water partition coefficient (Wildman–Crippen LogP) is 2.48. The smallest absolute Gasteiger partial charge is 0.336 e. The second kappa shape index (κ2) is 5.80. The standard InChI is InChI=1S/C19H13N5O3/c25-13-5-6-14-12(7-19(26)27-17(14)8-13)9-23-10-18(21-22-23)24-11-20-15-3-1-2-4-16(15)24/h1-8,10-11,25H,9H2. The molecule has 0 fully saturated rings. The van der Waals surface area contributed by atoms with Gasteiger partial charge < -0.3 is 9.52 Å². The van der Waals surface area contributed by atoms with Gasteiger partial charge in [0.25, 0.3) is 0 Å². The van der Waals surface area contributed by atoms with Gasteiger partial charge in [-0.25, -0.2) is 14.5 Å². The van der Waals surface area contributed by atoms with E-state index in [9.17, 15) is 9.90 Å². The highest BCUT2D eigenvalue weighted by atomic mass is 16.4. The molecule has 5 aromatic rings. The summed E-state index contributed by atoms with van der Waals surface area (Å²) in [5.41, 5.74) is 2.39. The number of aromatic nitrogens is 5. The van der Waals surface area contributed by atoms with Crippen LogP contribution in [0.15, 0.2) is 70.3 Å². The van der Waals surface area contributed by atoms with Crippen LogP contribution < -0.4 is 5.63 Å². The first-order chi connectivity index (χ1) is 13.2. The zero-order chi connectivity index (χ0) is 18.4. The molecule has 0 amide bonds. The SMILES string of the molecule is O=c1cc(Cn2cc(-n3cnc4ccccc43)nn2)c2ccc(O)cc2o1. The van der Waals surface area contributed by atoms with Gasteiger partial charge in [-0.1, -0.05) is 17.3 Å². The highest BCUT2D eigenvalue weighted by Gasteiger charge is 2.11. The molecule has 0 unspecified atom stereocenters. The number of aromatic hydroxyl groups is 1. The van der Waals surface area contributed by atoms with Crippen molar-refractivity contribution in [2.45, 2.75) is 6.54 Å². The number of phenols is 1. The average Bonchev–Trinajstić information content (AvgIpc) is 3.27. The van der Waals surface area contributed by atoms with Crippen molar-refractivity contribution in [3.8, 4) is 11.6 Å². The molecular formula is C19H13N5O3. The Hall–Kier alpha value is -3.94. The zero-order valence-corrected chi connectivity index (χ0v) is 14.0. The largest absolute Gasteiger partial charge is 0.508 e. The third-order valence-corrected chi connectivity index (χ3v) is 4.37. The van der Waals surface area contributed by atoms with Gasteiger partial charge in [0.1, 0.15) is 17.7 Å². The molecule has 0 atom stereocenters. The highest BCUT2D eigenvalue weighted by molar-refractivity contribution is 5.81. The molecule has 2 aromatic carbocycles. The number of hydrogen-bond acceptors (Lipinski definition) is 6. The molecule has 27 heavy (non-hydrogen) atoms. The fourth-order valence-electron chi connectivity index (χ4n) is 3.14. The van der Waals surface area contributed by atoms with Gasteiger partial charge in [0, 0.05) is 17.5 Å². The number of fused-ring (bicyclic) bond motifs is 2. The third kappa shape index (κ3) is 2.63. The molecule has 8 heteroatoms. The van der Waals surface area contributed by atoms with Gasteiger partial charge >= 0.3 is 5.63 Å². The summed E-state index contributed by atoms with van der Waals surface area (Å²) in [6.07, 6.45) is 3.49. The minimum Gasteiger partial charge on any atom is -0.508 e. The maximum Gasteiger partial charge on any atom is 0.336 e. The fraction of sp³-hybridized carbons (Fsp3) is 0.0526. The normalized spacial score (nSPS) is 11.4. The van der Waals surface area contributed by atoms with Crippen molar-refractivity contribution in [1.82, 2.24) is 24.5 Å². The van der Waals surface area contributed by atoms with Crippen LogP contribution in [-0.2, 0) is 6.54 Å². The van der Waals surface area contributed by atoms with E-state index >= 15 is 0 Å². The van der Waals surface area contributed by atoms with Crippen molar-refractivity contribution >= 4 is 22.0 Å². The molecule has 5 rings (SSSR count). The van der Waals surface area contributed by atoms with Crippen LogP contribution in [0.1, 0.15) is 5.56 Å². The molecule has 132 valence electrons. The number of phenolic OH excluding ortho intramolecular Hbond substituents is 1. The number of benzene rings is 2. The lowest BCUT2D eigenvalue weighted by Gasteiger charge is -2.05. The summed E-state index contributed by atoms with van der Waals surface area (Å²) in [7, 11) is 0. The average molecular weight is 359 g/mol. The molecule has 0 radical (unpaired) electrons. The highest BCUT2D eigenvalue weighted by Crippen LogP contribution is 2.22. The second-order valence-corrected chi connectivity index (χ2v) is 6.15. The Labute approximate surface area is 151 Å². The van der Waals surface area contributed by atoms with E-state index in [1.807, 2.05) is 28.8 Å². The Bertz CT molecular complexity index is 1350. The molecule has 0 saturated carbocycles. The van der Waals surface area contributed by atoms with E-state index in [1.165, 1.54) is 12.1 Å². The lowest BCUT2D eigenvalue weighted by Crippen LogP contribution is -2.06. The van der Waals surface area contributed by atoms with E-state index in [2.05, 4.69) is 15.3 Å². The van der Waals surface area contributed by atoms with Gasteiger partial charge in [0.05, 0.1) is 23.8 Å². The summed E-state index contributed by atoms with van der Waals surface area (Å²) in [5, 5.41) is 18.7. The summed E-state index contributed by atoms with van der Waals surface area (Å²) < 4.78 is 8.66. The first kappa shape index (κ1) is 15.3. The van der Waals surface area contributed by atoms with Crippen LogP contribution >= 0.6 is 0 Å². The molecular weight excluding hydrogens is 346 g/mol. The molecule has 3 aromatic heterocycles. The second-order valence-electron chi connectivity index (χ2n) is 6.15. The van der Waals surface area contributed by atoms with E-state index in [0.717, 1.165) is 22.0 Å². The molecule has 0 aliphatic carbocycles. The van der Waals surface area contributed by atoms with Crippen molar-refractivity contribution in [2.75, 3.05) is 0 Å². The van der Waals surface area contributed by atoms with Gasteiger partial charge in [-0.15, -0.1) is 5.10 Å². The van der Waals surface area contributed by atoms with E-state index in [1.54, 1.807) is 29.3 Å². The molecule has 0 bridgehead atoms. The molecule has 0 aliphatic rings. The number of para-hydroxylation sites is 2. The summed E-state index contributed by atoms with van der Waals surface area (Å²) in [6.45, 7) is 0.340. The molecule has 0 aliphatic heterocycles. The number of rotatable bonds is 3. The van der Waals surface area contributed by atoms with Gasteiger partial charge in [0.15, 0.2) is 5.82 Å². The number of imidazole rings is 1. The monoisotopic (exact) mass is 359 g/mol. The third-order valence-electron chi connectivity index (χ3n) is 4.37. The Morgan fingerprint density at radius 3 is 2.93 bits per heavy atom. The van der Waals surface area contributed by atoms with Crippen molar-refractivity contribution in [3.63, 3.8) is 0 Å². The number of hydrogen-bond donors (Lipinski definition) is 1. The van der Waals surface area contributed by atoms with Crippen LogP contribution in [0.2, 0.25) is 0 Å². The van der Waals surface area contributed by atoms with Crippen molar-refractivity contribution < 1.29 is 9.52 Å². The summed E-state index contributed by atoms with van der Waals surface area (Å²) >= 11 is 0. The Morgan fingerprint density at radius 2 is 2.00 bits per heavy atom. The maximum absolute atomic E-state index is 11.8. The van der Waals surface area contributed by atoms with Crippen molar-refractivity contribution in [2.24, 2.45) is 0 Å². The summed E-state index contributed by atoms with van der Waals surface area (Å²) in [5.74, 6) is 0.673. The lowest BCUT2D eigenvalue weighted by atomic mass is 10.1. The zero-order valence-electron chi connectivity index (χ0n) is 14.0. The fourth-order valence-corrected chi connectivity index (χ4v) is 3.14. The van der Waals surface area contributed by atoms with Gasteiger partial charge in [-0.05, 0) is 29.8 Å². The maximum atomic E-state index is 11.8. The van der Waals surface area contributed by atoms with Gasteiger partial charge in [-0.3, -0.25) is 4.57 Å². The van der Waals surface area contributed by atoms with E-state index in [0.29, 0.717) is 17.9 Å². The first-order valence-corrected chi connectivity index (χ1v) is 8.26. The predicted molar refractivity (Wildman–Crippen MR) is 97.9 cm³/mol. The summed E-state index contributed by atoms with van der Waals surface area (Å²) in [6, 6.07) is 13.9. The Kier molecular flexibility index (Phi) is 3.29. The summed E-state index contributed by atoms with van der Waals surface area (Å²) in [4.78, 5) is 16.2. The van der Waals surface area contributed by atoms with Crippen LogP contribution in [0.25, 0.3) is 27.8 Å². The first-order valence-electron chi connectivity index (χ1n) is 8.26. The van der Waals surface area contributed by atoms with Gasteiger partial charge in [-0.2, -0.15) is 0 Å². The van der Waals surface area contributed by atoms with Crippen LogP contribution in [0.5, 0.6) is 5.75 Å².